The van der Waals surface area contributed by atoms with Gasteiger partial charge in [0.2, 0.25) is 0 Å². The number of rotatable bonds is 2. The second-order valence-corrected chi connectivity index (χ2v) is 5.53. The van der Waals surface area contributed by atoms with Crippen LogP contribution in [0.1, 0.15) is 19.8 Å². The molecule has 0 fully saturated rings. The van der Waals surface area contributed by atoms with E-state index in [-0.39, 0.29) is 5.78 Å². The third kappa shape index (κ3) is 3.07. The summed E-state index contributed by atoms with van der Waals surface area (Å²) in [5.74, 6) is 0.676. The maximum atomic E-state index is 11.4. The molecule has 0 radical (unpaired) electrons. The minimum absolute atomic E-state index is 0.229. The number of nitrogens with one attached hydrogen (secondary N) is 1. The molecule has 1 N–H and O–H groups in total. The minimum Gasteiger partial charge on any atom is -0.359 e. The Kier molecular flexibility index (Phi) is 3.63. The first-order chi connectivity index (χ1) is 7.63. The normalized spacial score (nSPS) is 20.5. The Morgan fingerprint density at radius 3 is 2.88 bits per heavy atom. The van der Waals surface area contributed by atoms with Crippen molar-refractivity contribution in [3.8, 4) is 0 Å². The van der Waals surface area contributed by atoms with E-state index in [1.807, 2.05) is 12.1 Å². The van der Waals surface area contributed by atoms with Crippen molar-refractivity contribution >= 4 is 34.1 Å². The van der Waals surface area contributed by atoms with E-state index in [0.717, 1.165) is 17.8 Å². The zero-order chi connectivity index (χ0) is 11.5. The van der Waals surface area contributed by atoms with Gasteiger partial charge in [-0.1, -0.05) is 13.0 Å². The van der Waals surface area contributed by atoms with Gasteiger partial charge in [-0.15, -0.1) is 0 Å². The number of anilines is 1. The average molecular weight is 327 g/mol. The standard InChI is InChI=1S/C13H14INO/c1-9-5-12(8-13(16)6-9)15-11-4-2-3-10(14)7-11/h2-4,7-9,15H,5-6H2,1H3. The molecule has 0 saturated heterocycles. The molecular weight excluding hydrogens is 313 g/mol. The summed E-state index contributed by atoms with van der Waals surface area (Å²) in [5.41, 5.74) is 2.09. The Bertz CT molecular complexity index is 439. The summed E-state index contributed by atoms with van der Waals surface area (Å²) in [6.45, 7) is 2.11. The van der Waals surface area contributed by atoms with Gasteiger partial charge in [0, 0.05) is 27.5 Å². The zero-order valence-corrected chi connectivity index (χ0v) is 11.3. The third-order valence-electron chi connectivity index (χ3n) is 2.58. The molecule has 1 aromatic carbocycles. The van der Waals surface area contributed by atoms with E-state index in [9.17, 15) is 4.79 Å². The van der Waals surface area contributed by atoms with Crippen LogP contribution in [0.25, 0.3) is 0 Å². The number of carbonyl (C=O) groups excluding carboxylic acids is 1. The molecule has 0 saturated carbocycles. The summed E-state index contributed by atoms with van der Waals surface area (Å²) in [7, 11) is 0. The third-order valence-corrected chi connectivity index (χ3v) is 3.25. The fourth-order valence-corrected chi connectivity index (χ4v) is 2.49. The molecule has 3 heteroatoms. The van der Waals surface area contributed by atoms with Gasteiger partial charge in [-0.05, 0) is 53.1 Å². The van der Waals surface area contributed by atoms with Gasteiger partial charge in [-0.3, -0.25) is 4.79 Å². The highest BCUT2D eigenvalue weighted by atomic mass is 127. The summed E-state index contributed by atoms with van der Waals surface area (Å²) in [6.07, 6.45) is 3.37. The molecule has 0 aromatic heterocycles. The number of halogens is 1. The highest BCUT2D eigenvalue weighted by Crippen LogP contribution is 2.23. The molecule has 84 valence electrons. The monoisotopic (exact) mass is 327 g/mol. The second-order valence-electron chi connectivity index (χ2n) is 4.28. The van der Waals surface area contributed by atoms with Crippen LogP contribution >= 0.6 is 22.6 Å². The molecule has 0 spiro atoms. The van der Waals surface area contributed by atoms with Crippen molar-refractivity contribution in [3.05, 3.63) is 39.6 Å². The van der Waals surface area contributed by atoms with Gasteiger partial charge in [-0.25, -0.2) is 0 Å². The summed E-state index contributed by atoms with van der Waals surface area (Å²) in [4.78, 5) is 11.4. The van der Waals surface area contributed by atoms with Crippen molar-refractivity contribution in [3.63, 3.8) is 0 Å². The maximum absolute atomic E-state index is 11.4. The van der Waals surface area contributed by atoms with Crippen LogP contribution in [-0.2, 0) is 4.79 Å². The average Bonchev–Trinajstić information content (AvgIpc) is 2.15. The molecule has 1 atom stereocenters. The highest BCUT2D eigenvalue weighted by Gasteiger charge is 2.16. The summed E-state index contributed by atoms with van der Waals surface area (Å²) < 4.78 is 1.19. The van der Waals surface area contributed by atoms with E-state index in [2.05, 4.69) is 47.0 Å². The topological polar surface area (TPSA) is 29.1 Å². The van der Waals surface area contributed by atoms with Crippen LogP contribution < -0.4 is 5.32 Å². The van der Waals surface area contributed by atoms with E-state index in [0.29, 0.717) is 12.3 Å². The van der Waals surface area contributed by atoms with Crippen molar-refractivity contribution in [1.82, 2.24) is 0 Å². The molecule has 1 aromatic rings. The summed E-state index contributed by atoms with van der Waals surface area (Å²) >= 11 is 2.28. The lowest BCUT2D eigenvalue weighted by atomic mass is 9.93. The zero-order valence-electron chi connectivity index (χ0n) is 9.16. The van der Waals surface area contributed by atoms with Crippen molar-refractivity contribution < 1.29 is 4.79 Å². The quantitative estimate of drug-likeness (QED) is 0.841. The Morgan fingerprint density at radius 1 is 1.38 bits per heavy atom. The molecule has 0 heterocycles. The van der Waals surface area contributed by atoms with E-state index < -0.39 is 0 Å². The molecule has 1 aliphatic rings. The minimum atomic E-state index is 0.229. The smallest absolute Gasteiger partial charge is 0.157 e. The van der Waals surface area contributed by atoms with E-state index in [1.54, 1.807) is 6.08 Å². The highest BCUT2D eigenvalue weighted by molar-refractivity contribution is 14.1. The summed E-state index contributed by atoms with van der Waals surface area (Å²) in [6, 6.07) is 8.16. The van der Waals surface area contributed by atoms with Gasteiger partial charge in [0.25, 0.3) is 0 Å². The van der Waals surface area contributed by atoms with Crippen molar-refractivity contribution in [2.45, 2.75) is 19.8 Å². The lowest BCUT2D eigenvalue weighted by Crippen LogP contribution is -2.15. The first kappa shape index (κ1) is 11.6. The molecule has 0 bridgehead atoms. The maximum Gasteiger partial charge on any atom is 0.157 e. The van der Waals surface area contributed by atoms with Crippen molar-refractivity contribution in [2.75, 3.05) is 5.32 Å². The number of hydrogen-bond donors (Lipinski definition) is 1. The van der Waals surface area contributed by atoms with Crippen LogP contribution in [0.15, 0.2) is 36.0 Å². The molecule has 2 nitrogen and oxygen atoms in total. The Labute approximate surface area is 109 Å². The van der Waals surface area contributed by atoms with E-state index in [4.69, 9.17) is 0 Å². The van der Waals surface area contributed by atoms with Gasteiger partial charge in [0.05, 0.1) is 0 Å². The molecule has 0 aliphatic heterocycles. The van der Waals surface area contributed by atoms with Gasteiger partial charge in [0.15, 0.2) is 5.78 Å². The molecule has 16 heavy (non-hydrogen) atoms. The first-order valence-electron chi connectivity index (χ1n) is 5.39. The lowest BCUT2D eigenvalue weighted by Gasteiger charge is -2.19. The van der Waals surface area contributed by atoms with Gasteiger partial charge in [-0.2, -0.15) is 0 Å². The van der Waals surface area contributed by atoms with Crippen LogP contribution in [0.2, 0.25) is 0 Å². The number of ketones is 1. The van der Waals surface area contributed by atoms with Crippen LogP contribution in [0, 0.1) is 9.49 Å². The van der Waals surface area contributed by atoms with E-state index in [1.165, 1.54) is 3.57 Å². The fourth-order valence-electron chi connectivity index (χ4n) is 1.94. The van der Waals surface area contributed by atoms with Gasteiger partial charge < -0.3 is 5.32 Å². The predicted octanol–water partition coefficient (Wildman–Crippen LogP) is 3.59. The number of allylic oxidation sites excluding steroid dienone is 2. The number of carbonyl (C=O) groups is 1. The predicted molar refractivity (Wildman–Crippen MR) is 74.3 cm³/mol. The molecule has 0 amide bonds. The van der Waals surface area contributed by atoms with Gasteiger partial charge >= 0.3 is 0 Å². The lowest BCUT2D eigenvalue weighted by molar-refractivity contribution is -0.115. The Hall–Kier alpha value is -0.840. The fraction of sp³-hybridized carbons (Fsp3) is 0.308. The summed E-state index contributed by atoms with van der Waals surface area (Å²) in [5, 5.41) is 3.32. The molecule has 1 aliphatic carbocycles. The van der Waals surface area contributed by atoms with Crippen LogP contribution in [0.4, 0.5) is 5.69 Å². The molecule has 1 unspecified atom stereocenters. The van der Waals surface area contributed by atoms with Crippen LogP contribution in [0.5, 0.6) is 0 Å². The number of benzene rings is 1. The molecular formula is C13H14INO. The van der Waals surface area contributed by atoms with Crippen LogP contribution in [0.3, 0.4) is 0 Å². The Balaban J connectivity index is 2.13. The molecule has 2 rings (SSSR count). The Morgan fingerprint density at radius 2 is 2.19 bits per heavy atom. The van der Waals surface area contributed by atoms with Crippen molar-refractivity contribution in [1.29, 1.82) is 0 Å². The number of hydrogen-bond acceptors (Lipinski definition) is 2. The second kappa shape index (κ2) is 4.99. The SMILES string of the molecule is CC1CC(=O)C=C(Nc2cccc(I)c2)C1. The van der Waals surface area contributed by atoms with E-state index >= 15 is 0 Å². The van der Waals surface area contributed by atoms with Gasteiger partial charge in [0.1, 0.15) is 0 Å². The largest absolute Gasteiger partial charge is 0.359 e. The van der Waals surface area contributed by atoms with Crippen LogP contribution in [-0.4, -0.2) is 5.78 Å². The van der Waals surface area contributed by atoms with Crippen molar-refractivity contribution in [2.24, 2.45) is 5.92 Å². The first-order valence-corrected chi connectivity index (χ1v) is 6.47.